The van der Waals surface area contributed by atoms with Gasteiger partial charge in [-0.1, -0.05) is 18.2 Å². The molecule has 0 aliphatic heterocycles. The number of halogens is 3. The molecule has 1 aliphatic carbocycles. The number of hydrogen-bond donors (Lipinski definition) is 1. The lowest BCUT2D eigenvalue weighted by molar-refractivity contribution is -0.139. The van der Waals surface area contributed by atoms with Crippen molar-refractivity contribution >= 4 is 5.91 Å². The molecular formula is C21H19F3N4O2. The molecule has 156 valence electrons. The first kappa shape index (κ1) is 19.9. The van der Waals surface area contributed by atoms with Crippen molar-refractivity contribution in [3.63, 3.8) is 0 Å². The minimum Gasteiger partial charge on any atom is -0.349 e. The molecule has 3 aromatic rings. The third kappa shape index (κ3) is 3.87. The fourth-order valence-corrected chi connectivity index (χ4v) is 3.71. The summed E-state index contributed by atoms with van der Waals surface area (Å²) in [6.07, 6.45) is -0.841. The molecule has 0 saturated carbocycles. The van der Waals surface area contributed by atoms with Crippen LogP contribution in [0.3, 0.4) is 0 Å². The van der Waals surface area contributed by atoms with Gasteiger partial charge in [0.15, 0.2) is 0 Å². The molecule has 1 N–H and O–H groups in total. The molecule has 6 nitrogen and oxygen atoms in total. The number of amides is 1. The quantitative estimate of drug-likeness (QED) is 0.696. The molecule has 0 radical (unpaired) electrons. The van der Waals surface area contributed by atoms with Gasteiger partial charge in [-0.25, -0.2) is 4.68 Å². The van der Waals surface area contributed by atoms with E-state index < -0.39 is 29.8 Å². The third-order valence-corrected chi connectivity index (χ3v) is 5.11. The minimum atomic E-state index is -4.76. The van der Waals surface area contributed by atoms with Crippen LogP contribution in [-0.4, -0.2) is 20.3 Å². The maximum absolute atomic E-state index is 12.9. The monoisotopic (exact) mass is 416 g/mol. The average molecular weight is 416 g/mol. The summed E-state index contributed by atoms with van der Waals surface area (Å²) in [4.78, 5) is 24.3. The number of nitrogens with zero attached hydrogens (tertiary/aromatic N) is 3. The Morgan fingerprint density at radius 3 is 2.60 bits per heavy atom. The Balaban J connectivity index is 1.49. The lowest BCUT2D eigenvalue weighted by Crippen LogP contribution is -2.34. The van der Waals surface area contributed by atoms with Crippen molar-refractivity contribution < 1.29 is 18.0 Å². The van der Waals surface area contributed by atoms with Crippen molar-refractivity contribution in [3.05, 3.63) is 81.5 Å². The van der Waals surface area contributed by atoms with E-state index in [0.717, 1.165) is 52.5 Å². The molecule has 4 rings (SSSR count). The molecule has 1 amide bonds. The second kappa shape index (κ2) is 7.81. The molecule has 0 saturated heterocycles. The van der Waals surface area contributed by atoms with Gasteiger partial charge in [0.1, 0.15) is 12.1 Å². The van der Waals surface area contributed by atoms with E-state index in [4.69, 9.17) is 0 Å². The summed E-state index contributed by atoms with van der Waals surface area (Å²) >= 11 is 0. The number of aromatic nitrogens is 3. The summed E-state index contributed by atoms with van der Waals surface area (Å²) in [5.41, 5.74) is 1.33. The summed E-state index contributed by atoms with van der Waals surface area (Å²) in [6, 6.07) is 11.5. The van der Waals surface area contributed by atoms with Gasteiger partial charge in [-0.05, 0) is 49.1 Å². The maximum Gasteiger partial charge on any atom is 0.421 e. The zero-order chi connectivity index (χ0) is 21.3. The van der Waals surface area contributed by atoms with E-state index in [1.54, 1.807) is 0 Å². The van der Waals surface area contributed by atoms with Crippen LogP contribution in [0.5, 0.6) is 0 Å². The van der Waals surface area contributed by atoms with Gasteiger partial charge in [-0.15, -0.1) is 0 Å². The predicted molar refractivity (Wildman–Crippen MR) is 103 cm³/mol. The normalized spacial score (nSPS) is 13.3. The summed E-state index contributed by atoms with van der Waals surface area (Å²) in [6.45, 7) is -0.348. The molecule has 0 fully saturated rings. The second-order valence-corrected chi connectivity index (χ2v) is 7.10. The van der Waals surface area contributed by atoms with Gasteiger partial charge in [-0.2, -0.15) is 18.3 Å². The Bertz CT molecular complexity index is 1130. The smallest absolute Gasteiger partial charge is 0.349 e. The average Bonchev–Trinajstić information content (AvgIpc) is 3.31. The topological polar surface area (TPSA) is 68.9 Å². The first-order valence-corrected chi connectivity index (χ1v) is 9.53. The summed E-state index contributed by atoms with van der Waals surface area (Å²) in [7, 11) is 0. The van der Waals surface area contributed by atoms with Crippen molar-refractivity contribution in [3.8, 4) is 5.69 Å². The lowest BCUT2D eigenvalue weighted by Gasteiger charge is -2.10. The summed E-state index contributed by atoms with van der Waals surface area (Å²) in [5, 5.41) is 7.30. The van der Waals surface area contributed by atoms with Gasteiger partial charge in [0.05, 0.1) is 17.9 Å². The van der Waals surface area contributed by atoms with Crippen LogP contribution in [0.1, 0.15) is 28.9 Å². The van der Waals surface area contributed by atoms with Gasteiger partial charge >= 0.3 is 6.18 Å². The van der Waals surface area contributed by atoms with E-state index in [9.17, 15) is 22.8 Å². The molecule has 30 heavy (non-hydrogen) atoms. The largest absolute Gasteiger partial charge is 0.421 e. The Labute approximate surface area is 170 Å². The lowest BCUT2D eigenvalue weighted by atomic mass is 10.2. The molecule has 1 aliphatic rings. The molecule has 0 bridgehead atoms. The van der Waals surface area contributed by atoms with Crippen LogP contribution >= 0.6 is 0 Å². The van der Waals surface area contributed by atoms with Crippen molar-refractivity contribution in [1.82, 2.24) is 19.7 Å². The van der Waals surface area contributed by atoms with Crippen LogP contribution in [0, 0.1) is 0 Å². The van der Waals surface area contributed by atoms with Crippen LogP contribution in [0.25, 0.3) is 5.69 Å². The molecule has 0 atom stereocenters. The minimum absolute atomic E-state index is 0.148. The number of nitrogens with one attached hydrogen (secondary N) is 1. The number of rotatable bonds is 5. The predicted octanol–water partition coefficient (Wildman–Crippen LogP) is 2.86. The van der Waals surface area contributed by atoms with Crippen molar-refractivity contribution in [2.24, 2.45) is 0 Å². The fourth-order valence-electron chi connectivity index (χ4n) is 3.71. The standard InChI is InChI=1S/C21H19F3N4O2/c22-21(23,24)16-9-5-11-27(20(16)30)13-19(29)25-12-17-15-8-4-10-18(15)28(26-17)14-6-2-1-3-7-14/h1-3,5-7,9,11H,4,8,10,12-13H2,(H,25,29). The highest BCUT2D eigenvalue weighted by Gasteiger charge is 2.34. The number of hydrogen-bond acceptors (Lipinski definition) is 3. The Morgan fingerprint density at radius 2 is 1.87 bits per heavy atom. The molecule has 2 aromatic heterocycles. The zero-order valence-corrected chi connectivity index (χ0v) is 15.9. The van der Waals surface area contributed by atoms with E-state index in [1.165, 1.54) is 6.20 Å². The molecule has 9 heteroatoms. The van der Waals surface area contributed by atoms with Crippen molar-refractivity contribution in [2.45, 2.75) is 38.5 Å². The number of pyridine rings is 1. The van der Waals surface area contributed by atoms with Crippen LogP contribution in [-0.2, 0) is 36.9 Å². The van der Waals surface area contributed by atoms with Gasteiger partial charge < -0.3 is 9.88 Å². The van der Waals surface area contributed by atoms with E-state index in [2.05, 4.69) is 10.4 Å². The highest BCUT2D eigenvalue weighted by molar-refractivity contribution is 5.75. The molecule has 1 aromatic carbocycles. The SMILES string of the molecule is O=C(Cn1cccc(C(F)(F)F)c1=O)NCc1nn(-c2ccccc2)c2c1CCC2. The molecule has 0 spiro atoms. The van der Waals surface area contributed by atoms with Gasteiger partial charge in [-0.3, -0.25) is 9.59 Å². The Morgan fingerprint density at radius 1 is 1.10 bits per heavy atom. The van der Waals surface area contributed by atoms with Crippen molar-refractivity contribution in [2.75, 3.05) is 0 Å². The first-order chi connectivity index (χ1) is 14.3. The van der Waals surface area contributed by atoms with Crippen LogP contribution in [0.4, 0.5) is 13.2 Å². The van der Waals surface area contributed by atoms with Gasteiger partial charge in [0, 0.05) is 11.9 Å². The van der Waals surface area contributed by atoms with Crippen LogP contribution in [0.15, 0.2) is 53.5 Å². The molecule has 0 unspecified atom stereocenters. The van der Waals surface area contributed by atoms with E-state index in [-0.39, 0.29) is 6.54 Å². The first-order valence-electron chi connectivity index (χ1n) is 9.53. The van der Waals surface area contributed by atoms with E-state index in [0.29, 0.717) is 6.07 Å². The highest BCUT2D eigenvalue weighted by Crippen LogP contribution is 2.28. The van der Waals surface area contributed by atoms with Gasteiger partial charge in [0.2, 0.25) is 5.91 Å². The highest BCUT2D eigenvalue weighted by atomic mass is 19.4. The molecular weight excluding hydrogens is 397 g/mol. The van der Waals surface area contributed by atoms with Crippen LogP contribution < -0.4 is 10.9 Å². The third-order valence-electron chi connectivity index (χ3n) is 5.11. The maximum atomic E-state index is 12.9. The number of carbonyl (C=O) groups excluding carboxylic acids is 1. The summed E-state index contributed by atoms with van der Waals surface area (Å²) < 4.78 is 41.3. The van der Waals surface area contributed by atoms with Crippen LogP contribution in [0.2, 0.25) is 0 Å². The second-order valence-electron chi connectivity index (χ2n) is 7.10. The number of fused-ring (bicyclic) bond motifs is 1. The summed E-state index contributed by atoms with van der Waals surface area (Å²) in [5.74, 6) is -0.558. The Hall–Kier alpha value is -3.36. The number of carbonyl (C=O) groups is 1. The van der Waals surface area contributed by atoms with E-state index >= 15 is 0 Å². The fraction of sp³-hybridized carbons (Fsp3) is 0.286. The van der Waals surface area contributed by atoms with Crippen molar-refractivity contribution in [1.29, 1.82) is 0 Å². The van der Waals surface area contributed by atoms with E-state index in [1.807, 2.05) is 35.0 Å². The zero-order valence-electron chi connectivity index (χ0n) is 15.9. The molecule has 2 heterocycles. The number of benzene rings is 1. The Kier molecular flexibility index (Phi) is 5.19. The van der Waals surface area contributed by atoms with Gasteiger partial charge in [0.25, 0.3) is 5.56 Å². The number of alkyl halides is 3. The number of para-hydroxylation sites is 1.